The second-order valence-corrected chi connectivity index (χ2v) is 2.69. The number of carbonyl (C=O) groups excluding carboxylic acids is 1. The predicted molar refractivity (Wildman–Crippen MR) is 51.7 cm³/mol. The Balaban J connectivity index is 3.66. The Labute approximate surface area is 88.7 Å². The molecule has 0 unspecified atom stereocenters. The van der Waals surface area contributed by atoms with E-state index in [1.807, 2.05) is 0 Å². The molecular formula is C8H6N2O6. The molecule has 0 saturated heterocycles. The van der Waals surface area contributed by atoms with Crippen LogP contribution in [-0.2, 0) is 0 Å². The molecule has 8 nitrogen and oxygen atoms in total. The van der Waals surface area contributed by atoms with Gasteiger partial charge in [0.25, 0.3) is 0 Å². The van der Waals surface area contributed by atoms with E-state index in [-0.39, 0.29) is 17.6 Å². The Morgan fingerprint density at radius 1 is 1.19 bits per heavy atom. The lowest BCUT2D eigenvalue weighted by molar-refractivity contribution is -0.423. The van der Waals surface area contributed by atoms with Crippen LogP contribution in [-0.4, -0.2) is 23.2 Å². The number of hydrogen-bond acceptors (Lipinski definition) is 6. The summed E-state index contributed by atoms with van der Waals surface area (Å²) < 4.78 is 4.63. The van der Waals surface area contributed by atoms with Gasteiger partial charge in [-0.15, -0.1) is 0 Å². The average molecular weight is 226 g/mol. The molecule has 0 aromatic heterocycles. The third-order valence-corrected chi connectivity index (χ3v) is 1.86. The van der Waals surface area contributed by atoms with Crippen LogP contribution in [0, 0.1) is 20.2 Å². The smallest absolute Gasteiger partial charge is 0.388 e. The molecule has 0 heterocycles. The van der Waals surface area contributed by atoms with Gasteiger partial charge in [-0.25, -0.2) is 0 Å². The van der Waals surface area contributed by atoms with Crippen molar-refractivity contribution in [2.24, 2.45) is 0 Å². The van der Waals surface area contributed by atoms with E-state index >= 15 is 0 Å². The largest absolute Gasteiger partial charge is 0.490 e. The summed E-state index contributed by atoms with van der Waals surface area (Å²) in [7, 11) is 1.15. The van der Waals surface area contributed by atoms with Crippen molar-refractivity contribution in [3.8, 4) is 5.75 Å². The molecule has 0 spiro atoms. The Morgan fingerprint density at radius 2 is 1.75 bits per heavy atom. The van der Waals surface area contributed by atoms with Crippen LogP contribution in [0.1, 0.15) is 10.4 Å². The zero-order valence-electron chi connectivity index (χ0n) is 8.08. The Hall–Kier alpha value is -2.51. The van der Waals surface area contributed by atoms with Crippen LogP contribution in [0.5, 0.6) is 5.75 Å². The molecular weight excluding hydrogens is 220 g/mol. The Kier molecular flexibility index (Phi) is 3.14. The van der Waals surface area contributed by atoms with Gasteiger partial charge in [0.15, 0.2) is 6.29 Å². The quantitative estimate of drug-likeness (QED) is 0.434. The van der Waals surface area contributed by atoms with Crippen LogP contribution in [0.3, 0.4) is 0 Å². The van der Waals surface area contributed by atoms with Crippen molar-refractivity contribution in [3.05, 3.63) is 37.9 Å². The van der Waals surface area contributed by atoms with E-state index in [1.54, 1.807) is 0 Å². The first-order chi connectivity index (χ1) is 7.52. The van der Waals surface area contributed by atoms with Gasteiger partial charge in [-0.05, 0) is 12.1 Å². The number of nitro groups is 2. The predicted octanol–water partition coefficient (Wildman–Crippen LogP) is 1.32. The molecule has 84 valence electrons. The molecule has 0 bridgehead atoms. The number of carbonyl (C=O) groups is 1. The molecule has 0 aliphatic rings. The first-order valence-corrected chi connectivity index (χ1v) is 3.97. The molecule has 0 fully saturated rings. The summed E-state index contributed by atoms with van der Waals surface area (Å²) >= 11 is 0. The summed E-state index contributed by atoms with van der Waals surface area (Å²) in [4.78, 5) is 29.9. The van der Waals surface area contributed by atoms with E-state index < -0.39 is 21.2 Å². The summed E-state index contributed by atoms with van der Waals surface area (Å²) in [6.07, 6.45) is 0.185. The summed E-state index contributed by atoms with van der Waals surface area (Å²) in [6, 6.07) is 2.23. The van der Waals surface area contributed by atoms with Crippen molar-refractivity contribution in [1.29, 1.82) is 0 Å². The molecule has 1 aromatic rings. The third kappa shape index (κ3) is 1.80. The van der Waals surface area contributed by atoms with Gasteiger partial charge in [0.05, 0.1) is 22.5 Å². The SMILES string of the molecule is COc1ccc(C=O)c([N+](=O)[O-])c1[N+](=O)[O-]. The monoisotopic (exact) mass is 226 g/mol. The van der Waals surface area contributed by atoms with Gasteiger partial charge in [0.1, 0.15) is 0 Å². The number of aldehydes is 1. The first kappa shape index (κ1) is 11.6. The van der Waals surface area contributed by atoms with E-state index in [1.165, 1.54) is 0 Å². The van der Waals surface area contributed by atoms with Crippen molar-refractivity contribution in [2.45, 2.75) is 0 Å². The number of methoxy groups -OCH3 is 1. The zero-order valence-corrected chi connectivity index (χ0v) is 8.08. The van der Waals surface area contributed by atoms with Gasteiger partial charge in [-0.3, -0.25) is 25.0 Å². The highest BCUT2D eigenvalue weighted by Crippen LogP contribution is 2.38. The molecule has 0 saturated carbocycles. The molecule has 1 aromatic carbocycles. The maximum atomic E-state index is 10.7. The first-order valence-electron chi connectivity index (χ1n) is 3.97. The highest BCUT2D eigenvalue weighted by Gasteiger charge is 2.33. The zero-order chi connectivity index (χ0) is 12.3. The molecule has 0 aliphatic carbocycles. The van der Waals surface area contributed by atoms with E-state index in [0.717, 1.165) is 19.2 Å². The fourth-order valence-electron chi connectivity index (χ4n) is 1.20. The van der Waals surface area contributed by atoms with Crippen molar-refractivity contribution < 1.29 is 19.4 Å². The molecule has 0 atom stereocenters. The van der Waals surface area contributed by atoms with Gasteiger partial charge in [0, 0.05) is 0 Å². The number of hydrogen-bond donors (Lipinski definition) is 0. The van der Waals surface area contributed by atoms with Gasteiger partial charge in [-0.1, -0.05) is 0 Å². The standard InChI is InChI=1S/C8H6N2O6/c1-16-6-3-2-5(4-11)7(9(12)13)8(6)10(14)15/h2-4H,1H3. The third-order valence-electron chi connectivity index (χ3n) is 1.86. The van der Waals surface area contributed by atoms with E-state index in [0.29, 0.717) is 0 Å². The summed E-state index contributed by atoms with van der Waals surface area (Å²) in [5, 5.41) is 21.3. The van der Waals surface area contributed by atoms with Gasteiger partial charge in [-0.2, -0.15) is 0 Å². The summed E-state index contributed by atoms with van der Waals surface area (Å²) in [6.45, 7) is 0. The number of rotatable bonds is 4. The Bertz CT molecular complexity index is 470. The number of nitrogens with zero attached hydrogens (tertiary/aromatic N) is 2. The lowest BCUT2D eigenvalue weighted by atomic mass is 10.1. The molecule has 16 heavy (non-hydrogen) atoms. The van der Waals surface area contributed by atoms with Crippen LogP contribution < -0.4 is 4.74 Å². The minimum absolute atomic E-state index is 0.185. The highest BCUT2D eigenvalue weighted by atomic mass is 16.6. The van der Waals surface area contributed by atoms with Crippen molar-refractivity contribution in [1.82, 2.24) is 0 Å². The van der Waals surface area contributed by atoms with Crippen molar-refractivity contribution >= 4 is 17.7 Å². The second kappa shape index (κ2) is 4.34. The van der Waals surface area contributed by atoms with E-state index in [9.17, 15) is 25.0 Å². The Morgan fingerprint density at radius 3 is 2.12 bits per heavy atom. The van der Waals surface area contributed by atoms with Crippen LogP contribution >= 0.6 is 0 Å². The van der Waals surface area contributed by atoms with Gasteiger partial charge in [0.2, 0.25) is 5.75 Å². The summed E-state index contributed by atoms with van der Waals surface area (Å²) in [5.74, 6) is -0.262. The fraction of sp³-hybridized carbons (Fsp3) is 0.125. The minimum Gasteiger partial charge on any atom is -0.490 e. The molecule has 0 radical (unpaired) electrons. The second-order valence-electron chi connectivity index (χ2n) is 2.69. The maximum Gasteiger partial charge on any atom is 0.388 e. The van der Waals surface area contributed by atoms with Crippen LogP contribution in [0.25, 0.3) is 0 Å². The molecule has 8 heteroatoms. The van der Waals surface area contributed by atoms with Crippen LogP contribution in [0.15, 0.2) is 12.1 Å². The minimum atomic E-state index is -0.982. The lowest BCUT2D eigenvalue weighted by Crippen LogP contribution is -2.02. The molecule has 0 amide bonds. The lowest BCUT2D eigenvalue weighted by Gasteiger charge is -2.02. The highest BCUT2D eigenvalue weighted by molar-refractivity contribution is 5.86. The maximum absolute atomic E-state index is 10.7. The van der Waals surface area contributed by atoms with E-state index in [4.69, 9.17) is 0 Å². The number of ether oxygens (including phenoxy) is 1. The van der Waals surface area contributed by atoms with Crippen molar-refractivity contribution in [2.75, 3.05) is 7.11 Å². The summed E-state index contributed by atoms with van der Waals surface area (Å²) in [5.41, 5.74) is -2.05. The van der Waals surface area contributed by atoms with Gasteiger partial charge >= 0.3 is 11.4 Å². The van der Waals surface area contributed by atoms with Crippen LogP contribution in [0.2, 0.25) is 0 Å². The average Bonchev–Trinajstić information content (AvgIpc) is 2.26. The molecule has 0 N–H and O–H groups in total. The van der Waals surface area contributed by atoms with Crippen molar-refractivity contribution in [3.63, 3.8) is 0 Å². The topological polar surface area (TPSA) is 113 Å². The number of benzene rings is 1. The molecule has 0 aliphatic heterocycles. The van der Waals surface area contributed by atoms with Gasteiger partial charge < -0.3 is 4.74 Å². The molecule has 1 rings (SSSR count). The van der Waals surface area contributed by atoms with E-state index in [2.05, 4.69) is 4.74 Å². The fourth-order valence-corrected chi connectivity index (χ4v) is 1.20. The number of nitro benzene ring substituents is 2. The normalized spacial score (nSPS) is 9.56. The van der Waals surface area contributed by atoms with Crippen LogP contribution in [0.4, 0.5) is 11.4 Å².